The Bertz CT molecular complexity index is 300. The molecule has 0 aliphatic carbocycles. The van der Waals surface area contributed by atoms with Gasteiger partial charge in [-0.1, -0.05) is 26.7 Å². The highest BCUT2D eigenvalue weighted by molar-refractivity contribution is 14.0. The number of nitrogens with one attached hydrogen (secondary N) is 1. The normalized spacial score (nSPS) is 13.9. The zero-order chi connectivity index (χ0) is 16.3. The molecule has 0 heterocycles. The van der Waals surface area contributed by atoms with Crippen molar-refractivity contribution in [1.29, 1.82) is 0 Å². The summed E-state index contributed by atoms with van der Waals surface area (Å²) in [6.07, 6.45) is -0.525. The SMILES string of the molecule is CC(C)CCCC(C)NC(N)=NCCCOCC(F)(F)F.I. The first-order valence-electron chi connectivity index (χ1n) is 7.41. The molecule has 0 spiro atoms. The van der Waals surface area contributed by atoms with Crippen LogP contribution in [0.1, 0.15) is 46.5 Å². The molecular weight excluding hydrogens is 410 g/mol. The summed E-state index contributed by atoms with van der Waals surface area (Å²) >= 11 is 0. The van der Waals surface area contributed by atoms with Crippen molar-refractivity contribution in [2.75, 3.05) is 19.8 Å². The highest BCUT2D eigenvalue weighted by Gasteiger charge is 2.27. The van der Waals surface area contributed by atoms with Crippen LogP contribution >= 0.6 is 24.0 Å². The number of hydrogen-bond donors (Lipinski definition) is 2. The van der Waals surface area contributed by atoms with Crippen molar-refractivity contribution in [3.05, 3.63) is 0 Å². The summed E-state index contributed by atoms with van der Waals surface area (Å²) < 4.78 is 39.9. The van der Waals surface area contributed by atoms with Gasteiger partial charge in [0.05, 0.1) is 0 Å². The van der Waals surface area contributed by atoms with Gasteiger partial charge in [0.15, 0.2) is 5.96 Å². The first kappa shape index (κ1) is 24.0. The minimum absolute atomic E-state index is 0. The maximum absolute atomic E-state index is 11.8. The smallest absolute Gasteiger partial charge is 0.372 e. The molecule has 1 unspecified atom stereocenters. The van der Waals surface area contributed by atoms with Gasteiger partial charge in [-0.05, 0) is 25.7 Å². The van der Waals surface area contributed by atoms with Gasteiger partial charge in [0, 0.05) is 19.2 Å². The van der Waals surface area contributed by atoms with Crippen LogP contribution in [0.4, 0.5) is 13.2 Å². The van der Waals surface area contributed by atoms with Crippen molar-refractivity contribution in [3.8, 4) is 0 Å². The van der Waals surface area contributed by atoms with Gasteiger partial charge in [-0.3, -0.25) is 4.99 Å². The predicted molar refractivity (Wildman–Crippen MR) is 94.7 cm³/mol. The fourth-order valence-electron chi connectivity index (χ4n) is 1.76. The summed E-state index contributed by atoms with van der Waals surface area (Å²) in [6.45, 7) is 5.59. The van der Waals surface area contributed by atoms with Crippen molar-refractivity contribution in [2.45, 2.75) is 58.7 Å². The summed E-state index contributed by atoms with van der Waals surface area (Å²) in [5.74, 6) is 1.03. The Hall–Kier alpha value is -0.250. The van der Waals surface area contributed by atoms with Crippen molar-refractivity contribution < 1.29 is 17.9 Å². The Balaban J connectivity index is 0. The summed E-state index contributed by atoms with van der Waals surface area (Å²) in [6, 6.07) is 0.244. The maximum Gasteiger partial charge on any atom is 0.411 e. The van der Waals surface area contributed by atoms with Gasteiger partial charge in [0.1, 0.15) is 6.61 Å². The maximum atomic E-state index is 11.8. The first-order chi connectivity index (χ1) is 9.70. The fourth-order valence-corrected chi connectivity index (χ4v) is 1.76. The quantitative estimate of drug-likeness (QED) is 0.236. The van der Waals surface area contributed by atoms with Gasteiger partial charge in [-0.25, -0.2) is 0 Å². The lowest BCUT2D eigenvalue weighted by Gasteiger charge is -2.15. The molecule has 0 bridgehead atoms. The topological polar surface area (TPSA) is 59.6 Å². The molecule has 0 aliphatic rings. The van der Waals surface area contributed by atoms with E-state index < -0.39 is 12.8 Å². The molecule has 4 nitrogen and oxygen atoms in total. The van der Waals surface area contributed by atoms with E-state index in [1.807, 2.05) is 6.92 Å². The van der Waals surface area contributed by atoms with Gasteiger partial charge in [-0.15, -0.1) is 24.0 Å². The molecule has 0 radical (unpaired) electrons. The molecule has 0 saturated heterocycles. The molecule has 1 atom stereocenters. The van der Waals surface area contributed by atoms with Gasteiger partial charge in [-0.2, -0.15) is 13.2 Å². The number of aliphatic imine (C=N–C) groups is 1. The average molecular weight is 439 g/mol. The van der Waals surface area contributed by atoms with E-state index in [1.165, 1.54) is 6.42 Å². The molecule has 134 valence electrons. The Morgan fingerprint density at radius 3 is 2.36 bits per heavy atom. The summed E-state index contributed by atoms with van der Waals surface area (Å²) in [5.41, 5.74) is 5.71. The van der Waals surface area contributed by atoms with Crippen LogP contribution in [-0.2, 0) is 4.74 Å². The second-order valence-corrected chi connectivity index (χ2v) is 5.66. The van der Waals surface area contributed by atoms with Crippen molar-refractivity contribution >= 4 is 29.9 Å². The monoisotopic (exact) mass is 439 g/mol. The first-order valence-corrected chi connectivity index (χ1v) is 7.41. The van der Waals surface area contributed by atoms with Gasteiger partial charge >= 0.3 is 6.18 Å². The van der Waals surface area contributed by atoms with Crippen LogP contribution in [0.15, 0.2) is 4.99 Å². The molecule has 0 rings (SSSR count). The van der Waals surface area contributed by atoms with Crippen molar-refractivity contribution in [1.82, 2.24) is 5.32 Å². The van der Waals surface area contributed by atoms with E-state index >= 15 is 0 Å². The third kappa shape index (κ3) is 17.8. The Kier molecular flexibility index (Phi) is 14.4. The van der Waals surface area contributed by atoms with Crippen molar-refractivity contribution in [2.24, 2.45) is 16.6 Å². The lowest BCUT2D eigenvalue weighted by Crippen LogP contribution is -2.38. The molecule has 0 aromatic rings. The number of nitrogens with two attached hydrogens (primary N) is 1. The molecule has 22 heavy (non-hydrogen) atoms. The second-order valence-electron chi connectivity index (χ2n) is 5.66. The molecular formula is C14H29F3IN3O. The molecule has 0 aromatic carbocycles. The van der Waals surface area contributed by atoms with E-state index in [-0.39, 0.29) is 36.6 Å². The molecule has 0 aromatic heterocycles. The third-order valence-electron chi connectivity index (χ3n) is 2.81. The number of rotatable bonds is 10. The largest absolute Gasteiger partial charge is 0.411 e. The third-order valence-corrected chi connectivity index (χ3v) is 2.81. The van der Waals surface area contributed by atoms with Crippen LogP contribution in [0.2, 0.25) is 0 Å². The predicted octanol–water partition coefficient (Wildman–Crippen LogP) is 3.69. The zero-order valence-corrected chi connectivity index (χ0v) is 15.9. The summed E-state index contributed by atoms with van der Waals surface area (Å²) in [4.78, 5) is 4.06. The van der Waals surface area contributed by atoms with E-state index in [0.717, 1.165) is 12.8 Å². The van der Waals surface area contributed by atoms with E-state index in [0.29, 0.717) is 24.8 Å². The molecule has 0 aliphatic heterocycles. The van der Waals surface area contributed by atoms with E-state index in [1.54, 1.807) is 0 Å². The molecule has 0 amide bonds. The molecule has 3 N–H and O–H groups in total. The highest BCUT2D eigenvalue weighted by atomic mass is 127. The van der Waals surface area contributed by atoms with Gasteiger partial charge in [0.25, 0.3) is 0 Å². The minimum atomic E-state index is -4.27. The number of alkyl halides is 3. The van der Waals surface area contributed by atoms with E-state index in [4.69, 9.17) is 5.73 Å². The van der Waals surface area contributed by atoms with Crippen molar-refractivity contribution in [3.63, 3.8) is 0 Å². The van der Waals surface area contributed by atoms with Crippen LogP contribution in [0.25, 0.3) is 0 Å². The van der Waals surface area contributed by atoms with E-state index in [2.05, 4.69) is 28.9 Å². The van der Waals surface area contributed by atoms with Gasteiger partial charge in [0.2, 0.25) is 0 Å². The molecule has 0 saturated carbocycles. The lowest BCUT2D eigenvalue weighted by atomic mass is 10.0. The molecule has 8 heteroatoms. The van der Waals surface area contributed by atoms with E-state index in [9.17, 15) is 13.2 Å². The van der Waals surface area contributed by atoms with Crippen LogP contribution in [0.5, 0.6) is 0 Å². The zero-order valence-electron chi connectivity index (χ0n) is 13.6. The standard InChI is InChI=1S/C14H28F3N3O.HI/c1-11(2)6-4-7-12(3)20-13(18)19-8-5-9-21-10-14(15,16)17;/h11-12H,4-10H2,1-3H3,(H3,18,19,20);1H. The van der Waals surface area contributed by atoms with Gasteiger partial charge < -0.3 is 15.8 Å². The second kappa shape index (κ2) is 13.2. The Morgan fingerprint density at radius 2 is 1.82 bits per heavy atom. The highest BCUT2D eigenvalue weighted by Crippen LogP contribution is 2.14. The van der Waals surface area contributed by atoms with Crippen LogP contribution < -0.4 is 11.1 Å². The number of hydrogen-bond acceptors (Lipinski definition) is 2. The average Bonchev–Trinajstić information content (AvgIpc) is 2.31. The number of halogens is 4. The van der Waals surface area contributed by atoms with Crippen LogP contribution in [0, 0.1) is 5.92 Å². The van der Waals surface area contributed by atoms with Crippen LogP contribution in [0.3, 0.4) is 0 Å². The number of guanidine groups is 1. The number of ether oxygens (including phenoxy) is 1. The van der Waals surface area contributed by atoms with Crippen LogP contribution in [-0.4, -0.2) is 37.9 Å². The summed E-state index contributed by atoms with van der Waals surface area (Å²) in [7, 11) is 0. The Morgan fingerprint density at radius 1 is 1.18 bits per heavy atom. The molecule has 0 fully saturated rings. The number of nitrogens with zero attached hydrogens (tertiary/aromatic N) is 1. The summed E-state index contributed by atoms with van der Waals surface area (Å²) in [5, 5.41) is 3.08. The minimum Gasteiger partial charge on any atom is -0.372 e. The Labute approximate surface area is 148 Å². The fraction of sp³-hybridized carbons (Fsp3) is 0.929. The lowest BCUT2D eigenvalue weighted by molar-refractivity contribution is -0.173.